The van der Waals surface area contributed by atoms with Crippen molar-refractivity contribution in [1.82, 2.24) is 34.7 Å². The van der Waals surface area contributed by atoms with E-state index in [1.54, 1.807) is 4.68 Å². The molecule has 0 amide bonds. The van der Waals surface area contributed by atoms with Crippen LogP contribution in [0.15, 0.2) is 42.9 Å². The van der Waals surface area contributed by atoms with Crippen LogP contribution in [0.3, 0.4) is 0 Å². The Morgan fingerprint density at radius 1 is 1.08 bits per heavy atom. The molecule has 0 aliphatic carbocycles. The predicted molar refractivity (Wildman–Crippen MR) is 98.9 cm³/mol. The summed E-state index contributed by atoms with van der Waals surface area (Å²) in [6.07, 6.45) is 5.06. The lowest BCUT2D eigenvalue weighted by Gasteiger charge is -2.05. The number of aromatic nitrogens is 7. The summed E-state index contributed by atoms with van der Waals surface area (Å²) < 4.78 is 3.48. The molecule has 26 heavy (non-hydrogen) atoms. The fourth-order valence-electron chi connectivity index (χ4n) is 2.93. The third-order valence-electron chi connectivity index (χ3n) is 4.26. The van der Waals surface area contributed by atoms with Crippen molar-refractivity contribution in [3.05, 3.63) is 54.1 Å². The summed E-state index contributed by atoms with van der Waals surface area (Å²) in [6.45, 7) is 4.09. The van der Waals surface area contributed by atoms with Crippen molar-refractivity contribution < 1.29 is 0 Å². The molecule has 0 atom stereocenters. The maximum absolute atomic E-state index is 6.08. The third-order valence-corrected chi connectivity index (χ3v) is 4.26. The fraction of sp³-hybridized carbons (Fsp3) is 0.278. The molecule has 0 radical (unpaired) electrons. The first-order valence-corrected chi connectivity index (χ1v) is 8.57. The van der Waals surface area contributed by atoms with Crippen molar-refractivity contribution in [3.63, 3.8) is 0 Å². The lowest BCUT2D eigenvalue weighted by atomic mass is 10.1. The van der Waals surface area contributed by atoms with Crippen LogP contribution in [0.25, 0.3) is 16.9 Å². The van der Waals surface area contributed by atoms with Crippen molar-refractivity contribution in [2.45, 2.75) is 32.7 Å². The van der Waals surface area contributed by atoms with Gasteiger partial charge in [-0.1, -0.05) is 35.5 Å². The smallest absolute Gasteiger partial charge is 0.190 e. The van der Waals surface area contributed by atoms with Gasteiger partial charge in [0.2, 0.25) is 0 Å². The average molecular weight is 348 g/mol. The van der Waals surface area contributed by atoms with Crippen LogP contribution in [-0.4, -0.2) is 34.7 Å². The maximum Gasteiger partial charge on any atom is 0.190 e. The zero-order valence-electron chi connectivity index (χ0n) is 14.7. The summed E-state index contributed by atoms with van der Waals surface area (Å²) in [4.78, 5) is 8.44. The summed E-state index contributed by atoms with van der Waals surface area (Å²) in [7, 11) is 0. The zero-order valence-corrected chi connectivity index (χ0v) is 14.7. The van der Waals surface area contributed by atoms with Gasteiger partial charge in [-0.3, -0.25) is 0 Å². The van der Waals surface area contributed by atoms with Gasteiger partial charge in [0.25, 0.3) is 0 Å². The number of nitrogens with zero attached hydrogens (tertiary/aromatic N) is 7. The molecule has 0 saturated heterocycles. The molecule has 4 rings (SSSR count). The Labute approximate surface area is 150 Å². The normalized spacial score (nSPS) is 11.5. The summed E-state index contributed by atoms with van der Waals surface area (Å²) in [5.74, 6) is 0.989. The van der Waals surface area contributed by atoms with E-state index in [9.17, 15) is 0 Å². The second kappa shape index (κ2) is 6.55. The topological polar surface area (TPSA) is 100 Å². The lowest BCUT2D eigenvalue weighted by molar-refractivity contribution is 0.540. The minimum Gasteiger partial charge on any atom is -0.383 e. The molecule has 2 N–H and O–H groups in total. The Bertz CT molecular complexity index is 1030. The number of fused-ring (bicyclic) bond motifs is 1. The first kappa shape index (κ1) is 16.2. The molecule has 3 aromatic heterocycles. The average Bonchev–Trinajstić information content (AvgIpc) is 3.26. The van der Waals surface area contributed by atoms with E-state index in [2.05, 4.69) is 37.5 Å². The summed E-state index contributed by atoms with van der Waals surface area (Å²) in [6, 6.07) is 10.5. The molecule has 4 aromatic rings. The number of hydrogen-bond acceptors (Lipinski definition) is 6. The van der Waals surface area contributed by atoms with E-state index in [-0.39, 0.29) is 6.04 Å². The van der Waals surface area contributed by atoms with Gasteiger partial charge in [-0.05, 0) is 32.3 Å². The number of nitrogens with two attached hydrogens (primary N) is 1. The highest BCUT2D eigenvalue weighted by atomic mass is 15.5. The SMILES string of the molecule is CC(C)n1nc(-n2cc(CCc3ccccc3)nn2)c2c(N)ncnc21. The number of anilines is 1. The fourth-order valence-corrected chi connectivity index (χ4v) is 2.93. The molecular formula is C18H20N8. The van der Waals surface area contributed by atoms with E-state index < -0.39 is 0 Å². The van der Waals surface area contributed by atoms with Crippen molar-refractivity contribution in [3.8, 4) is 5.82 Å². The van der Waals surface area contributed by atoms with Gasteiger partial charge in [0.15, 0.2) is 11.5 Å². The Morgan fingerprint density at radius 2 is 1.88 bits per heavy atom. The molecule has 0 aliphatic heterocycles. The molecule has 8 heteroatoms. The number of aryl methyl sites for hydroxylation is 2. The molecule has 132 valence electrons. The first-order valence-electron chi connectivity index (χ1n) is 8.57. The van der Waals surface area contributed by atoms with Crippen molar-refractivity contribution in [1.29, 1.82) is 0 Å². The molecule has 0 saturated carbocycles. The van der Waals surface area contributed by atoms with Gasteiger partial charge < -0.3 is 5.73 Å². The summed E-state index contributed by atoms with van der Waals surface area (Å²) in [5, 5.41) is 13.9. The van der Waals surface area contributed by atoms with Crippen molar-refractivity contribution >= 4 is 16.9 Å². The third kappa shape index (κ3) is 2.90. The van der Waals surface area contributed by atoms with E-state index in [0.717, 1.165) is 18.5 Å². The second-order valence-corrected chi connectivity index (χ2v) is 6.46. The van der Waals surface area contributed by atoms with Gasteiger partial charge in [0.05, 0.1) is 11.9 Å². The predicted octanol–water partition coefficient (Wildman–Crippen LogP) is 2.36. The standard InChI is InChI=1S/C18H20N8/c1-12(2)26-17-15(16(19)20-11-21-17)18(23-26)25-10-14(22-24-25)9-8-13-6-4-3-5-7-13/h3-7,10-12H,8-9H2,1-2H3,(H2,19,20,21). The van der Waals surface area contributed by atoms with E-state index in [1.807, 2.05) is 42.9 Å². The lowest BCUT2D eigenvalue weighted by Crippen LogP contribution is -2.05. The monoisotopic (exact) mass is 348 g/mol. The molecule has 0 unspecified atom stereocenters. The van der Waals surface area contributed by atoms with E-state index >= 15 is 0 Å². The highest BCUT2D eigenvalue weighted by Crippen LogP contribution is 2.26. The molecular weight excluding hydrogens is 328 g/mol. The minimum atomic E-state index is 0.140. The Hall–Kier alpha value is -3.29. The van der Waals surface area contributed by atoms with Gasteiger partial charge in [0.1, 0.15) is 17.5 Å². The molecule has 0 spiro atoms. The first-order chi connectivity index (χ1) is 12.6. The largest absolute Gasteiger partial charge is 0.383 e. The second-order valence-electron chi connectivity index (χ2n) is 6.46. The van der Waals surface area contributed by atoms with E-state index in [1.165, 1.54) is 11.9 Å². The Balaban J connectivity index is 1.67. The number of benzene rings is 1. The molecule has 0 aliphatic rings. The molecule has 8 nitrogen and oxygen atoms in total. The summed E-state index contributed by atoms with van der Waals surface area (Å²) in [5.41, 5.74) is 8.95. The minimum absolute atomic E-state index is 0.140. The van der Waals surface area contributed by atoms with E-state index in [0.29, 0.717) is 22.7 Å². The van der Waals surface area contributed by atoms with Crippen molar-refractivity contribution in [2.75, 3.05) is 5.73 Å². The van der Waals surface area contributed by atoms with Crippen LogP contribution in [0.1, 0.15) is 31.1 Å². The molecule has 3 heterocycles. The van der Waals surface area contributed by atoms with Crippen LogP contribution in [-0.2, 0) is 12.8 Å². The van der Waals surface area contributed by atoms with Crippen LogP contribution in [0.2, 0.25) is 0 Å². The Morgan fingerprint density at radius 3 is 2.65 bits per heavy atom. The molecule has 1 aromatic carbocycles. The molecule has 0 fully saturated rings. The highest BCUT2D eigenvalue weighted by Gasteiger charge is 2.19. The van der Waals surface area contributed by atoms with Crippen LogP contribution in [0.5, 0.6) is 0 Å². The number of nitrogen functional groups attached to an aromatic ring is 1. The van der Waals surface area contributed by atoms with Crippen LogP contribution in [0, 0.1) is 0 Å². The Kier molecular flexibility index (Phi) is 4.08. The number of rotatable bonds is 5. The quantitative estimate of drug-likeness (QED) is 0.594. The van der Waals surface area contributed by atoms with Gasteiger partial charge in [-0.25, -0.2) is 14.6 Å². The van der Waals surface area contributed by atoms with Gasteiger partial charge in [-0.2, -0.15) is 4.68 Å². The van der Waals surface area contributed by atoms with Gasteiger partial charge in [0, 0.05) is 6.04 Å². The summed E-state index contributed by atoms with van der Waals surface area (Å²) >= 11 is 0. The van der Waals surface area contributed by atoms with Crippen LogP contribution >= 0.6 is 0 Å². The highest BCUT2D eigenvalue weighted by molar-refractivity contribution is 5.92. The van der Waals surface area contributed by atoms with Gasteiger partial charge in [-0.15, -0.1) is 10.2 Å². The zero-order chi connectivity index (χ0) is 18.1. The maximum atomic E-state index is 6.08. The van der Waals surface area contributed by atoms with Crippen LogP contribution < -0.4 is 5.73 Å². The van der Waals surface area contributed by atoms with Crippen LogP contribution in [0.4, 0.5) is 5.82 Å². The number of hydrogen-bond donors (Lipinski definition) is 1. The molecule has 0 bridgehead atoms. The van der Waals surface area contributed by atoms with E-state index in [4.69, 9.17) is 5.73 Å². The van der Waals surface area contributed by atoms with Crippen molar-refractivity contribution in [2.24, 2.45) is 0 Å². The van der Waals surface area contributed by atoms with Gasteiger partial charge >= 0.3 is 0 Å².